The van der Waals surface area contributed by atoms with Gasteiger partial charge < -0.3 is 4.74 Å². The molecule has 6 nitrogen and oxygen atoms in total. The summed E-state index contributed by atoms with van der Waals surface area (Å²) in [6, 6.07) is 4.83. The largest absolute Gasteiger partial charge is 0.380 e. The van der Waals surface area contributed by atoms with Crippen molar-refractivity contribution in [3.05, 3.63) is 24.3 Å². The standard InChI is InChI=1S/C10H14ClNO5S2/c1-2-17-7-6-12-19(15,16)10-5-3-4-9(8-10)18(11,13)14/h3-5,8,12H,2,6-7H2,1H3. The highest BCUT2D eigenvalue weighted by atomic mass is 35.7. The van der Waals surface area contributed by atoms with Crippen LogP contribution in [0.4, 0.5) is 0 Å². The van der Waals surface area contributed by atoms with E-state index in [-0.39, 0.29) is 22.9 Å². The molecule has 0 heterocycles. The van der Waals surface area contributed by atoms with E-state index in [0.717, 1.165) is 6.07 Å². The molecule has 0 unspecified atom stereocenters. The highest BCUT2D eigenvalue weighted by Gasteiger charge is 2.17. The Morgan fingerprint density at radius 1 is 1.21 bits per heavy atom. The molecule has 1 rings (SSSR count). The molecule has 0 aliphatic carbocycles. The van der Waals surface area contributed by atoms with Crippen LogP contribution >= 0.6 is 10.7 Å². The van der Waals surface area contributed by atoms with E-state index in [1.165, 1.54) is 18.2 Å². The minimum Gasteiger partial charge on any atom is -0.380 e. The van der Waals surface area contributed by atoms with Crippen LogP contribution < -0.4 is 4.72 Å². The van der Waals surface area contributed by atoms with Gasteiger partial charge in [-0.1, -0.05) is 6.07 Å². The van der Waals surface area contributed by atoms with Gasteiger partial charge in [0.1, 0.15) is 0 Å². The number of ether oxygens (including phenoxy) is 1. The fourth-order valence-corrected chi connectivity index (χ4v) is 3.20. The Hall–Kier alpha value is -0.670. The fourth-order valence-electron chi connectivity index (χ4n) is 1.27. The third-order valence-corrected chi connectivity index (χ3v) is 4.95. The minimum atomic E-state index is -3.96. The van der Waals surface area contributed by atoms with Gasteiger partial charge in [-0.25, -0.2) is 21.6 Å². The van der Waals surface area contributed by atoms with E-state index in [0.29, 0.717) is 6.61 Å². The van der Waals surface area contributed by atoms with Crippen LogP contribution in [0.5, 0.6) is 0 Å². The van der Waals surface area contributed by atoms with E-state index in [1.807, 2.05) is 0 Å². The molecule has 1 aromatic rings. The van der Waals surface area contributed by atoms with E-state index < -0.39 is 19.1 Å². The molecule has 1 aromatic carbocycles. The SMILES string of the molecule is CCOCCNS(=O)(=O)c1cccc(S(=O)(=O)Cl)c1. The molecule has 108 valence electrons. The van der Waals surface area contributed by atoms with Crippen molar-refractivity contribution in [2.45, 2.75) is 16.7 Å². The summed E-state index contributed by atoms with van der Waals surface area (Å²) < 4.78 is 53.3. The van der Waals surface area contributed by atoms with E-state index in [9.17, 15) is 16.8 Å². The van der Waals surface area contributed by atoms with E-state index in [1.54, 1.807) is 6.92 Å². The first-order valence-electron chi connectivity index (χ1n) is 5.39. The summed E-state index contributed by atoms with van der Waals surface area (Å²) in [7, 11) is -2.57. The van der Waals surface area contributed by atoms with Crippen molar-refractivity contribution in [2.24, 2.45) is 0 Å². The van der Waals surface area contributed by atoms with Crippen LogP contribution in [0.25, 0.3) is 0 Å². The minimum absolute atomic E-state index is 0.105. The van der Waals surface area contributed by atoms with E-state index in [4.69, 9.17) is 15.4 Å². The Bertz CT molecular complexity index is 627. The van der Waals surface area contributed by atoms with Crippen LogP contribution in [0.15, 0.2) is 34.1 Å². The highest BCUT2D eigenvalue weighted by molar-refractivity contribution is 8.13. The number of rotatable bonds is 7. The third-order valence-electron chi connectivity index (χ3n) is 2.14. The zero-order valence-electron chi connectivity index (χ0n) is 10.2. The van der Waals surface area contributed by atoms with Gasteiger partial charge in [-0.3, -0.25) is 0 Å². The quantitative estimate of drug-likeness (QED) is 0.594. The van der Waals surface area contributed by atoms with Crippen LogP contribution in [-0.4, -0.2) is 36.6 Å². The molecule has 0 radical (unpaired) electrons. The Morgan fingerprint density at radius 2 is 1.84 bits per heavy atom. The van der Waals surface area contributed by atoms with Crippen LogP contribution in [-0.2, 0) is 23.8 Å². The van der Waals surface area contributed by atoms with Crippen molar-refractivity contribution in [3.8, 4) is 0 Å². The number of benzene rings is 1. The van der Waals surface area contributed by atoms with Gasteiger partial charge in [-0.15, -0.1) is 0 Å². The summed E-state index contributed by atoms with van der Waals surface area (Å²) in [5, 5.41) is 0. The Morgan fingerprint density at radius 3 is 2.42 bits per heavy atom. The monoisotopic (exact) mass is 327 g/mol. The molecule has 0 aliphatic rings. The first kappa shape index (κ1) is 16.4. The summed E-state index contributed by atoms with van der Waals surface area (Å²) in [6.45, 7) is 2.63. The fraction of sp³-hybridized carbons (Fsp3) is 0.400. The predicted molar refractivity (Wildman–Crippen MR) is 71.2 cm³/mol. The van der Waals surface area contributed by atoms with Gasteiger partial charge in [0, 0.05) is 23.8 Å². The average Bonchev–Trinajstić information content (AvgIpc) is 2.34. The van der Waals surface area contributed by atoms with Crippen molar-refractivity contribution in [1.82, 2.24) is 4.72 Å². The summed E-state index contributed by atoms with van der Waals surface area (Å²) >= 11 is 0. The Balaban J connectivity index is 2.90. The van der Waals surface area contributed by atoms with E-state index >= 15 is 0 Å². The molecule has 0 bridgehead atoms. The maximum absolute atomic E-state index is 11.9. The molecule has 0 aliphatic heterocycles. The van der Waals surface area contributed by atoms with Gasteiger partial charge in [0.25, 0.3) is 9.05 Å². The van der Waals surface area contributed by atoms with Crippen LogP contribution in [0.2, 0.25) is 0 Å². The smallest absolute Gasteiger partial charge is 0.261 e. The number of hydrogen-bond acceptors (Lipinski definition) is 5. The molecular weight excluding hydrogens is 314 g/mol. The Labute approximate surface area is 117 Å². The van der Waals surface area contributed by atoms with Gasteiger partial charge in [-0.05, 0) is 25.1 Å². The second-order valence-electron chi connectivity index (χ2n) is 3.51. The summed E-state index contributed by atoms with van der Waals surface area (Å²) in [6.07, 6.45) is 0. The lowest BCUT2D eigenvalue weighted by molar-refractivity contribution is 0.153. The summed E-state index contributed by atoms with van der Waals surface area (Å²) in [5.41, 5.74) is 0. The molecule has 0 saturated carbocycles. The van der Waals surface area contributed by atoms with Crippen molar-refractivity contribution >= 4 is 29.8 Å². The summed E-state index contributed by atoms with van der Waals surface area (Å²) in [5.74, 6) is 0. The van der Waals surface area contributed by atoms with Gasteiger partial charge in [0.15, 0.2) is 0 Å². The molecule has 0 spiro atoms. The normalized spacial score (nSPS) is 12.5. The van der Waals surface area contributed by atoms with Crippen LogP contribution in [0, 0.1) is 0 Å². The van der Waals surface area contributed by atoms with Crippen molar-refractivity contribution < 1.29 is 21.6 Å². The molecule has 9 heteroatoms. The van der Waals surface area contributed by atoms with Gasteiger partial charge in [0.05, 0.1) is 16.4 Å². The second-order valence-corrected chi connectivity index (χ2v) is 7.84. The molecule has 0 saturated heterocycles. The zero-order chi connectivity index (χ0) is 14.5. The number of nitrogens with one attached hydrogen (secondary N) is 1. The molecule has 1 N–H and O–H groups in total. The van der Waals surface area contributed by atoms with Gasteiger partial charge in [0.2, 0.25) is 10.0 Å². The number of halogens is 1. The topological polar surface area (TPSA) is 89.5 Å². The second kappa shape index (κ2) is 6.67. The molecule has 19 heavy (non-hydrogen) atoms. The lowest BCUT2D eigenvalue weighted by Crippen LogP contribution is -2.27. The number of sulfonamides is 1. The lowest BCUT2D eigenvalue weighted by atomic mass is 10.4. The molecule has 0 aromatic heterocycles. The predicted octanol–water partition coefficient (Wildman–Crippen LogP) is 0.929. The van der Waals surface area contributed by atoms with Crippen LogP contribution in [0.1, 0.15) is 6.92 Å². The Kier molecular flexibility index (Phi) is 5.75. The number of hydrogen-bond donors (Lipinski definition) is 1. The van der Waals surface area contributed by atoms with Crippen LogP contribution in [0.3, 0.4) is 0 Å². The highest BCUT2D eigenvalue weighted by Crippen LogP contribution is 2.18. The maximum Gasteiger partial charge on any atom is 0.261 e. The van der Waals surface area contributed by atoms with E-state index in [2.05, 4.69) is 4.72 Å². The lowest BCUT2D eigenvalue weighted by Gasteiger charge is -2.07. The van der Waals surface area contributed by atoms with Crippen molar-refractivity contribution in [2.75, 3.05) is 19.8 Å². The zero-order valence-corrected chi connectivity index (χ0v) is 12.6. The third kappa shape index (κ3) is 5.07. The maximum atomic E-state index is 11.9. The molecule has 0 atom stereocenters. The summed E-state index contributed by atoms with van der Waals surface area (Å²) in [4.78, 5) is -0.424. The van der Waals surface area contributed by atoms with Gasteiger partial charge >= 0.3 is 0 Å². The van der Waals surface area contributed by atoms with Crippen molar-refractivity contribution in [3.63, 3.8) is 0 Å². The van der Waals surface area contributed by atoms with Crippen molar-refractivity contribution in [1.29, 1.82) is 0 Å². The first-order chi connectivity index (χ1) is 8.77. The molecular formula is C10H14ClNO5S2. The molecule has 0 fully saturated rings. The average molecular weight is 328 g/mol. The van der Waals surface area contributed by atoms with Gasteiger partial charge in [-0.2, -0.15) is 0 Å². The first-order valence-corrected chi connectivity index (χ1v) is 9.19. The molecule has 0 amide bonds.